The largest absolute Gasteiger partial charge is 0.379 e. The van der Waals surface area contributed by atoms with Crippen molar-refractivity contribution in [1.82, 2.24) is 0 Å². The van der Waals surface area contributed by atoms with Crippen LogP contribution in [0.25, 0.3) is 0 Å². The minimum atomic E-state index is -2.45. The molecule has 3 heteroatoms. The summed E-state index contributed by atoms with van der Waals surface area (Å²) in [7, 11) is 1.59. The second-order valence-electron chi connectivity index (χ2n) is 3.51. The van der Waals surface area contributed by atoms with Crippen LogP contribution in [-0.4, -0.2) is 18.6 Å². The molecule has 0 heterocycles. The Morgan fingerprint density at radius 2 is 1.55 bits per heavy atom. The minimum Gasteiger partial charge on any atom is -0.379 e. The first-order valence-electron chi connectivity index (χ1n) is 3.90. The molecule has 1 nitrogen and oxygen atoms in total. The van der Waals surface area contributed by atoms with E-state index in [1.54, 1.807) is 7.11 Å². The maximum absolute atomic E-state index is 12.6. The molecule has 1 aliphatic rings. The first kappa shape index (κ1) is 8.91. The van der Waals surface area contributed by atoms with Gasteiger partial charge >= 0.3 is 0 Å². The molecule has 0 unspecified atom stereocenters. The van der Waals surface area contributed by atoms with E-state index in [1.807, 2.05) is 6.92 Å². The lowest BCUT2D eigenvalue weighted by molar-refractivity contribution is -0.110. The molecule has 0 radical (unpaired) electrons. The molecule has 0 spiro atoms. The van der Waals surface area contributed by atoms with E-state index in [2.05, 4.69) is 0 Å². The van der Waals surface area contributed by atoms with Gasteiger partial charge in [-0.25, -0.2) is 8.78 Å². The van der Waals surface area contributed by atoms with Gasteiger partial charge in [0.25, 0.3) is 0 Å². The highest BCUT2D eigenvalue weighted by Crippen LogP contribution is 2.39. The second-order valence-corrected chi connectivity index (χ2v) is 3.51. The van der Waals surface area contributed by atoms with E-state index in [-0.39, 0.29) is 18.4 Å². The Balaban J connectivity index is 2.48. The second kappa shape index (κ2) is 2.70. The van der Waals surface area contributed by atoms with Crippen LogP contribution in [0.3, 0.4) is 0 Å². The highest BCUT2D eigenvalue weighted by atomic mass is 19.3. The Hall–Kier alpha value is -0.180. The quantitative estimate of drug-likeness (QED) is 0.578. The number of hydrogen-bond donors (Lipinski definition) is 0. The fourth-order valence-electron chi connectivity index (χ4n) is 1.35. The van der Waals surface area contributed by atoms with E-state index < -0.39 is 5.92 Å². The van der Waals surface area contributed by atoms with Gasteiger partial charge in [0.2, 0.25) is 5.92 Å². The molecule has 66 valence electrons. The lowest BCUT2D eigenvalue weighted by Crippen LogP contribution is -2.37. The molecule has 1 fully saturated rings. The maximum atomic E-state index is 12.6. The predicted octanol–water partition coefficient (Wildman–Crippen LogP) is 2.60. The third kappa shape index (κ3) is 2.12. The molecule has 0 aromatic heterocycles. The fourth-order valence-corrected chi connectivity index (χ4v) is 1.35. The average molecular weight is 164 g/mol. The number of ether oxygens (including phenoxy) is 1. The summed E-state index contributed by atoms with van der Waals surface area (Å²) in [5, 5.41) is 0. The molecule has 0 bridgehead atoms. The van der Waals surface area contributed by atoms with Gasteiger partial charge in [-0.05, 0) is 19.8 Å². The lowest BCUT2D eigenvalue weighted by atomic mass is 9.84. The molecule has 1 rings (SSSR count). The van der Waals surface area contributed by atoms with Gasteiger partial charge in [-0.1, -0.05) is 0 Å². The predicted molar refractivity (Wildman–Crippen MR) is 38.8 cm³/mol. The minimum absolute atomic E-state index is 0.0304. The highest BCUT2D eigenvalue weighted by molar-refractivity contribution is 4.86. The normalized spacial score (nSPS) is 28.4. The zero-order chi connectivity index (χ0) is 8.54. The Bertz CT molecular complexity index is 135. The zero-order valence-corrected chi connectivity index (χ0v) is 6.99. The highest BCUT2D eigenvalue weighted by Gasteiger charge is 2.40. The standard InChI is InChI=1S/C8H14F2O/c1-7(11-2)3-5-8(9,10)6-4-7/h3-6H2,1-2H3. The van der Waals surface area contributed by atoms with Crippen molar-refractivity contribution in [3.8, 4) is 0 Å². The smallest absolute Gasteiger partial charge is 0.248 e. The van der Waals surface area contributed by atoms with Gasteiger partial charge in [-0.15, -0.1) is 0 Å². The van der Waals surface area contributed by atoms with Crippen LogP contribution < -0.4 is 0 Å². The number of hydrogen-bond acceptors (Lipinski definition) is 1. The number of halogens is 2. The molecular formula is C8H14F2O. The van der Waals surface area contributed by atoms with Crippen molar-refractivity contribution in [2.24, 2.45) is 0 Å². The van der Waals surface area contributed by atoms with Crippen molar-refractivity contribution in [2.45, 2.75) is 44.1 Å². The van der Waals surface area contributed by atoms with Gasteiger partial charge in [0.15, 0.2) is 0 Å². The van der Waals surface area contributed by atoms with Gasteiger partial charge in [-0.2, -0.15) is 0 Å². The molecule has 0 atom stereocenters. The van der Waals surface area contributed by atoms with Crippen molar-refractivity contribution in [3.63, 3.8) is 0 Å². The van der Waals surface area contributed by atoms with Crippen LogP contribution in [0.1, 0.15) is 32.6 Å². The number of rotatable bonds is 1. The van der Waals surface area contributed by atoms with Gasteiger partial charge < -0.3 is 4.74 Å². The monoisotopic (exact) mass is 164 g/mol. The number of methoxy groups -OCH3 is 1. The molecule has 0 aromatic carbocycles. The van der Waals surface area contributed by atoms with Crippen molar-refractivity contribution in [1.29, 1.82) is 0 Å². The van der Waals surface area contributed by atoms with Gasteiger partial charge in [-0.3, -0.25) is 0 Å². The lowest BCUT2D eigenvalue weighted by Gasteiger charge is -2.35. The van der Waals surface area contributed by atoms with Crippen molar-refractivity contribution in [3.05, 3.63) is 0 Å². The molecular weight excluding hydrogens is 150 g/mol. The summed E-state index contributed by atoms with van der Waals surface area (Å²) < 4.78 is 30.4. The molecule has 0 N–H and O–H groups in total. The topological polar surface area (TPSA) is 9.23 Å². The van der Waals surface area contributed by atoms with Gasteiger partial charge in [0.05, 0.1) is 5.60 Å². The molecule has 11 heavy (non-hydrogen) atoms. The summed E-state index contributed by atoms with van der Waals surface area (Å²) in [6.07, 6.45) is 0.877. The first-order chi connectivity index (χ1) is 4.97. The van der Waals surface area contributed by atoms with Crippen LogP contribution in [0, 0.1) is 0 Å². The van der Waals surface area contributed by atoms with Gasteiger partial charge in [0, 0.05) is 20.0 Å². The van der Waals surface area contributed by atoms with E-state index in [1.165, 1.54) is 0 Å². The Morgan fingerprint density at radius 1 is 1.09 bits per heavy atom. The van der Waals surface area contributed by atoms with Gasteiger partial charge in [0.1, 0.15) is 0 Å². The van der Waals surface area contributed by atoms with Crippen molar-refractivity contribution >= 4 is 0 Å². The van der Waals surface area contributed by atoms with E-state index >= 15 is 0 Å². The average Bonchev–Trinajstić information content (AvgIpc) is 1.97. The summed E-state index contributed by atoms with van der Waals surface area (Å²) in [6.45, 7) is 1.89. The maximum Gasteiger partial charge on any atom is 0.248 e. The first-order valence-corrected chi connectivity index (χ1v) is 3.90. The number of alkyl halides is 2. The van der Waals surface area contributed by atoms with Crippen molar-refractivity contribution < 1.29 is 13.5 Å². The summed E-state index contributed by atoms with van der Waals surface area (Å²) in [4.78, 5) is 0. The molecule has 1 saturated carbocycles. The molecule has 0 saturated heterocycles. The molecule has 1 aliphatic carbocycles. The van der Waals surface area contributed by atoms with Crippen LogP contribution in [0.5, 0.6) is 0 Å². The molecule has 0 aromatic rings. The van der Waals surface area contributed by atoms with Crippen molar-refractivity contribution in [2.75, 3.05) is 7.11 Å². The van der Waals surface area contributed by atoms with E-state index in [0.717, 1.165) is 0 Å². The Labute approximate surface area is 65.7 Å². The van der Waals surface area contributed by atoms with E-state index in [0.29, 0.717) is 12.8 Å². The third-order valence-corrected chi connectivity index (χ3v) is 2.53. The Kier molecular flexibility index (Phi) is 2.19. The fraction of sp³-hybridized carbons (Fsp3) is 1.00. The summed E-state index contributed by atoms with van der Waals surface area (Å²) in [5.41, 5.74) is -0.304. The van der Waals surface area contributed by atoms with Crippen LogP contribution in [0.2, 0.25) is 0 Å². The summed E-state index contributed by atoms with van der Waals surface area (Å²) in [5.74, 6) is -2.45. The van der Waals surface area contributed by atoms with Crippen LogP contribution in [0.4, 0.5) is 8.78 Å². The van der Waals surface area contributed by atoms with Crippen LogP contribution in [0.15, 0.2) is 0 Å². The van der Waals surface area contributed by atoms with Crippen LogP contribution >= 0.6 is 0 Å². The summed E-state index contributed by atoms with van der Waals surface area (Å²) >= 11 is 0. The zero-order valence-electron chi connectivity index (χ0n) is 6.99. The van der Waals surface area contributed by atoms with E-state index in [4.69, 9.17) is 4.74 Å². The molecule has 0 aliphatic heterocycles. The third-order valence-electron chi connectivity index (χ3n) is 2.53. The van der Waals surface area contributed by atoms with Crippen LogP contribution in [-0.2, 0) is 4.74 Å². The Morgan fingerprint density at radius 3 is 1.91 bits per heavy atom. The molecule has 0 amide bonds. The SMILES string of the molecule is COC1(C)CCC(F)(F)CC1. The van der Waals surface area contributed by atoms with E-state index in [9.17, 15) is 8.78 Å². The summed E-state index contributed by atoms with van der Waals surface area (Å²) in [6, 6.07) is 0.